The highest BCUT2D eigenvalue weighted by Gasteiger charge is 2.21. The van der Waals surface area contributed by atoms with Gasteiger partial charge in [0.2, 0.25) is 0 Å². The van der Waals surface area contributed by atoms with Crippen molar-refractivity contribution in [2.24, 2.45) is 0 Å². The van der Waals surface area contributed by atoms with Gasteiger partial charge in [0.15, 0.2) is 0 Å². The van der Waals surface area contributed by atoms with Crippen LogP contribution in [0.2, 0.25) is 0 Å². The Balaban J connectivity index is 1.61. The van der Waals surface area contributed by atoms with Gasteiger partial charge in [0.1, 0.15) is 10.3 Å². The molecule has 24 heavy (non-hydrogen) atoms. The van der Waals surface area contributed by atoms with Crippen LogP contribution in [0.5, 0.6) is 0 Å². The van der Waals surface area contributed by atoms with E-state index in [0.29, 0.717) is 10.3 Å². The van der Waals surface area contributed by atoms with Gasteiger partial charge in [-0.3, -0.25) is 14.7 Å². The van der Waals surface area contributed by atoms with Gasteiger partial charge in [0.05, 0.1) is 5.69 Å². The number of rotatable bonds is 3. The zero-order chi connectivity index (χ0) is 16.9. The maximum absolute atomic E-state index is 12.6. The summed E-state index contributed by atoms with van der Waals surface area (Å²) in [6.07, 6.45) is 0.964. The molecule has 3 heterocycles. The van der Waals surface area contributed by atoms with E-state index in [1.54, 1.807) is 6.07 Å². The number of aromatic nitrogens is 2. The largest absolute Gasteiger partial charge is 0.336 e. The summed E-state index contributed by atoms with van der Waals surface area (Å²) < 4.78 is 0.690. The Labute approximate surface area is 150 Å². The van der Waals surface area contributed by atoms with Crippen LogP contribution in [0.1, 0.15) is 28.3 Å². The molecule has 1 fully saturated rings. The summed E-state index contributed by atoms with van der Waals surface area (Å²) in [5, 5.41) is 0. The molecule has 0 unspecified atom stereocenters. The first-order valence-electron chi connectivity index (χ1n) is 8.18. The number of amides is 1. The molecule has 5 nitrogen and oxygen atoms in total. The van der Waals surface area contributed by atoms with Crippen LogP contribution in [0.3, 0.4) is 0 Å². The number of nitrogens with zero attached hydrogens (tertiary/aromatic N) is 4. The minimum Gasteiger partial charge on any atom is -0.336 e. The van der Waals surface area contributed by atoms with E-state index in [9.17, 15) is 4.79 Å². The van der Waals surface area contributed by atoms with Crippen molar-refractivity contribution in [1.29, 1.82) is 0 Å². The van der Waals surface area contributed by atoms with Gasteiger partial charge < -0.3 is 4.90 Å². The molecule has 0 radical (unpaired) electrons. The van der Waals surface area contributed by atoms with Crippen LogP contribution < -0.4 is 0 Å². The fraction of sp³-hybridized carbons (Fsp3) is 0.389. The van der Waals surface area contributed by atoms with Crippen LogP contribution in [0, 0.1) is 6.92 Å². The Morgan fingerprint density at radius 2 is 1.92 bits per heavy atom. The number of hydrogen-bond donors (Lipinski definition) is 0. The average molecular weight is 389 g/mol. The number of aryl methyl sites for hydroxylation is 1. The van der Waals surface area contributed by atoms with E-state index in [0.717, 1.165) is 50.5 Å². The van der Waals surface area contributed by atoms with E-state index >= 15 is 0 Å². The highest BCUT2D eigenvalue weighted by molar-refractivity contribution is 9.10. The van der Waals surface area contributed by atoms with Crippen molar-refractivity contribution < 1.29 is 4.79 Å². The first-order chi connectivity index (χ1) is 11.6. The zero-order valence-electron chi connectivity index (χ0n) is 13.8. The molecule has 0 aliphatic carbocycles. The minimum absolute atomic E-state index is 0.00632. The van der Waals surface area contributed by atoms with Gasteiger partial charge in [-0.1, -0.05) is 12.1 Å². The lowest BCUT2D eigenvalue weighted by Crippen LogP contribution is -2.35. The van der Waals surface area contributed by atoms with Crippen LogP contribution in [-0.2, 0) is 6.54 Å². The molecular weight excluding hydrogens is 368 g/mol. The van der Waals surface area contributed by atoms with Crippen LogP contribution >= 0.6 is 15.9 Å². The lowest BCUT2D eigenvalue weighted by Gasteiger charge is -2.21. The van der Waals surface area contributed by atoms with Crippen molar-refractivity contribution >= 4 is 21.8 Å². The molecule has 2 aromatic heterocycles. The fourth-order valence-electron chi connectivity index (χ4n) is 2.94. The van der Waals surface area contributed by atoms with E-state index < -0.39 is 0 Å². The lowest BCUT2D eigenvalue weighted by molar-refractivity contribution is 0.0755. The summed E-state index contributed by atoms with van der Waals surface area (Å²) in [6, 6.07) is 11.6. The van der Waals surface area contributed by atoms with E-state index in [1.165, 1.54) is 0 Å². The zero-order valence-corrected chi connectivity index (χ0v) is 15.4. The summed E-state index contributed by atoms with van der Waals surface area (Å²) in [5.41, 5.74) is 2.63. The van der Waals surface area contributed by atoms with E-state index in [1.807, 2.05) is 36.1 Å². The minimum atomic E-state index is 0.00632. The van der Waals surface area contributed by atoms with Gasteiger partial charge in [-0.2, -0.15) is 0 Å². The quantitative estimate of drug-likeness (QED) is 0.758. The van der Waals surface area contributed by atoms with E-state index in [4.69, 9.17) is 0 Å². The second kappa shape index (κ2) is 7.85. The second-order valence-corrected chi connectivity index (χ2v) is 6.85. The van der Waals surface area contributed by atoms with Gasteiger partial charge in [-0.15, -0.1) is 0 Å². The Hall–Kier alpha value is -1.79. The summed E-state index contributed by atoms with van der Waals surface area (Å²) in [5.74, 6) is 0.00632. The predicted molar refractivity (Wildman–Crippen MR) is 96.7 cm³/mol. The van der Waals surface area contributed by atoms with Gasteiger partial charge in [0.25, 0.3) is 5.91 Å². The molecule has 3 rings (SSSR count). The van der Waals surface area contributed by atoms with Crippen molar-refractivity contribution in [3.05, 3.63) is 58.1 Å². The third kappa shape index (κ3) is 4.39. The van der Waals surface area contributed by atoms with Crippen molar-refractivity contribution in [2.45, 2.75) is 19.9 Å². The van der Waals surface area contributed by atoms with Crippen molar-refractivity contribution in [3.63, 3.8) is 0 Å². The number of carbonyl (C=O) groups excluding carboxylic acids is 1. The molecule has 0 bridgehead atoms. The molecule has 1 aliphatic rings. The van der Waals surface area contributed by atoms with Crippen LogP contribution in [-0.4, -0.2) is 51.9 Å². The lowest BCUT2D eigenvalue weighted by atomic mass is 10.3. The highest BCUT2D eigenvalue weighted by Crippen LogP contribution is 2.12. The highest BCUT2D eigenvalue weighted by atomic mass is 79.9. The SMILES string of the molecule is Cc1cccc(CN2CCCN(C(=O)c3cccc(Br)n3)CC2)n1. The van der Waals surface area contributed by atoms with Crippen LogP contribution in [0.4, 0.5) is 0 Å². The van der Waals surface area contributed by atoms with Gasteiger partial charge in [-0.05, 0) is 53.5 Å². The maximum atomic E-state index is 12.6. The summed E-state index contributed by atoms with van der Waals surface area (Å²) in [6.45, 7) is 6.17. The Morgan fingerprint density at radius 1 is 1.08 bits per heavy atom. The van der Waals surface area contributed by atoms with Crippen LogP contribution in [0.15, 0.2) is 41.0 Å². The van der Waals surface area contributed by atoms with Gasteiger partial charge in [0, 0.05) is 38.4 Å². The summed E-state index contributed by atoms with van der Waals surface area (Å²) in [4.78, 5) is 25.7. The molecule has 1 amide bonds. The third-order valence-electron chi connectivity index (χ3n) is 4.14. The molecule has 0 atom stereocenters. The average Bonchev–Trinajstić information content (AvgIpc) is 2.80. The molecule has 0 spiro atoms. The molecule has 0 N–H and O–H groups in total. The second-order valence-electron chi connectivity index (χ2n) is 6.04. The standard InChI is InChI=1S/C18H21BrN4O/c1-14-5-2-6-15(20-14)13-22-9-4-10-23(12-11-22)18(24)16-7-3-8-17(19)21-16/h2-3,5-8H,4,9-13H2,1H3. The molecule has 126 valence electrons. The molecular formula is C18H21BrN4O. The molecule has 1 saturated heterocycles. The normalized spacial score (nSPS) is 16.0. The molecule has 1 aliphatic heterocycles. The number of halogens is 1. The summed E-state index contributed by atoms with van der Waals surface area (Å²) >= 11 is 3.33. The monoisotopic (exact) mass is 388 g/mol. The Bertz CT molecular complexity index is 722. The van der Waals surface area contributed by atoms with Gasteiger partial charge in [-0.25, -0.2) is 4.98 Å². The molecule has 0 saturated carbocycles. The molecule has 0 aromatic carbocycles. The van der Waals surface area contributed by atoms with Crippen molar-refractivity contribution in [3.8, 4) is 0 Å². The van der Waals surface area contributed by atoms with Crippen molar-refractivity contribution in [1.82, 2.24) is 19.8 Å². The van der Waals surface area contributed by atoms with Gasteiger partial charge >= 0.3 is 0 Å². The number of carbonyl (C=O) groups is 1. The topological polar surface area (TPSA) is 49.3 Å². The smallest absolute Gasteiger partial charge is 0.272 e. The van der Waals surface area contributed by atoms with Crippen molar-refractivity contribution in [2.75, 3.05) is 26.2 Å². The Morgan fingerprint density at radius 3 is 2.71 bits per heavy atom. The number of pyridine rings is 2. The summed E-state index contributed by atoms with van der Waals surface area (Å²) in [7, 11) is 0. The molecule has 6 heteroatoms. The first-order valence-corrected chi connectivity index (χ1v) is 8.98. The predicted octanol–water partition coefficient (Wildman–Crippen LogP) is 2.90. The molecule has 2 aromatic rings. The van der Waals surface area contributed by atoms with Crippen LogP contribution in [0.25, 0.3) is 0 Å². The fourth-order valence-corrected chi connectivity index (χ4v) is 3.28. The first kappa shape index (κ1) is 17.0. The maximum Gasteiger partial charge on any atom is 0.272 e. The number of hydrogen-bond acceptors (Lipinski definition) is 4. The van der Waals surface area contributed by atoms with E-state index in [-0.39, 0.29) is 5.91 Å². The van der Waals surface area contributed by atoms with E-state index in [2.05, 4.69) is 36.9 Å². The Kier molecular flexibility index (Phi) is 5.58. The third-order valence-corrected chi connectivity index (χ3v) is 4.58.